The zero-order valence-corrected chi connectivity index (χ0v) is 21.7. The molecular weight excluding hydrogens is 472 g/mol. The van der Waals surface area contributed by atoms with Gasteiger partial charge in [-0.05, 0) is 80.6 Å². The molecule has 188 valence electrons. The van der Waals surface area contributed by atoms with Gasteiger partial charge in [0.15, 0.2) is 0 Å². The average molecular weight is 505 g/mol. The Kier molecular flexibility index (Phi) is 7.33. The molecule has 5 nitrogen and oxygen atoms in total. The highest BCUT2D eigenvalue weighted by atomic mass is 35.5. The lowest BCUT2D eigenvalue weighted by atomic mass is 9.84. The fourth-order valence-electron chi connectivity index (χ4n) is 5.17. The van der Waals surface area contributed by atoms with E-state index in [1.807, 2.05) is 50.2 Å². The Morgan fingerprint density at radius 3 is 2.61 bits per heavy atom. The molecule has 36 heavy (non-hydrogen) atoms. The van der Waals surface area contributed by atoms with E-state index in [4.69, 9.17) is 26.1 Å². The lowest BCUT2D eigenvalue weighted by Gasteiger charge is -2.38. The number of benzene rings is 2. The number of hydrogen-bond acceptors (Lipinski definition) is 5. The van der Waals surface area contributed by atoms with Gasteiger partial charge in [-0.3, -0.25) is 4.98 Å². The number of fused-ring (bicyclic) bond motifs is 2. The minimum Gasteiger partial charge on any atom is -0.494 e. The fraction of sp³-hybridized carbons (Fsp3) is 0.367. The van der Waals surface area contributed by atoms with Crippen LogP contribution in [0.15, 0.2) is 60.7 Å². The third-order valence-electron chi connectivity index (χ3n) is 7.18. The summed E-state index contributed by atoms with van der Waals surface area (Å²) in [5.74, 6) is 1.69. The van der Waals surface area contributed by atoms with Crippen molar-refractivity contribution in [2.24, 2.45) is 0 Å². The molecule has 1 fully saturated rings. The zero-order valence-electron chi connectivity index (χ0n) is 21.0. The van der Waals surface area contributed by atoms with Crippen molar-refractivity contribution in [1.29, 1.82) is 0 Å². The fourth-order valence-corrected chi connectivity index (χ4v) is 5.29. The molecule has 0 amide bonds. The smallest absolute Gasteiger partial charge is 0.131 e. The summed E-state index contributed by atoms with van der Waals surface area (Å²) in [7, 11) is 0. The number of nitrogens with zero attached hydrogens (tertiary/aromatic N) is 2. The van der Waals surface area contributed by atoms with Crippen molar-refractivity contribution in [2.75, 3.05) is 26.2 Å². The first-order valence-corrected chi connectivity index (χ1v) is 13.1. The van der Waals surface area contributed by atoms with Crippen LogP contribution in [0.3, 0.4) is 0 Å². The predicted octanol–water partition coefficient (Wildman–Crippen LogP) is 6.14. The Balaban J connectivity index is 1.33. The molecule has 2 aliphatic heterocycles. The van der Waals surface area contributed by atoms with Gasteiger partial charge in [0.25, 0.3) is 0 Å². The molecule has 0 bridgehead atoms. The molecule has 2 aromatic carbocycles. The molecule has 1 aromatic heterocycles. The number of aromatic nitrogens is 1. The van der Waals surface area contributed by atoms with E-state index < -0.39 is 5.60 Å². The summed E-state index contributed by atoms with van der Waals surface area (Å²) in [5.41, 5.74) is 5.41. The maximum atomic E-state index is 11.2. The first kappa shape index (κ1) is 24.8. The second-order valence-electron chi connectivity index (χ2n) is 9.61. The average Bonchev–Trinajstić information content (AvgIpc) is 3.02. The van der Waals surface area contributed by atoms with Crippen LogP contribution >= 0.6 is 11.6 Å². The maximum absolute atomic E-state index is 11.2. The molecule has 0 radical (unpaired) electrons. The number of rotatable bonds is 6. The standard InChI is InChI=1S/C30H33ClN2O3/c1-3-35-24-11-13-29-27(19-24)25(26-12-6-21(2)32-28(26)20-36-29)5-4-16-33-17-14-30(34,15-18-33)22-7-9-23(31)10-8-22/h5-13,19,34H,3-4,14-18,20H2,1-2H3. The Morgan fingerprint density at radius 1 is 1.08 bits per heavy atom. The van der Waals surface area contributed by atoms with E-state index in [1.54, 1.807) is 0 Å². The SMILES string of the molecule is CCOc1ccc2c(c1)C(=CCCN1CCC(O)(c3ccc(Cl)cc3)CC1)c1ccc(C)nc1CO2. The van der Waals surface area contributed by atoms with Crippen LogP contribution in [0.25, 0.3) is 5.57 Å². The van der Waals surface area contributed by atoms with Crippen molar-refractivity contribution in [3.05, 3.63) is 93.8 Å². The Bertz CT molecular complexity index is 1250. The summed E-state index contributed by atoms with van der Waals surface area (Å²) in [6.45, 7) is 7.71. The van der Waals surface area contributed by atoms with Crippen molar-refractivity contribution in [1.82, 2.24) is 9.88 Å². The van der Waals surface area contributed by atoms with Crippen LogP contribution in [0.2, 0.25) is 5.02 Å². The Morgan fingerprint density at radius 2 is 1.86 bits per heavy atom. The second kappa shape index (κ2) is 10.6. The molecule has 0 spiro atoms. The number of likely N-dealkylation sites (tertiary alicyclic amines) is 1. The van der Waals surface area contributed by atoms with Gasteiger partial charge < -0.3 is 19.5 Å². The van der Waals surface area contributed by atoms with Crippen molar-refractivity contribution >= 4 is 17.2 Å². The molecule has 1 saturated heterocycles. The molecule has 0 atom stereocenters. The second-order valence-corrected chi connectivity index (χ2v) is 10.0. The zero-order chi connectivity index (χ0) is 25.1. The molecule has 6 heteroatoms. The molecule has 5 rings (SSSR count). The minimum atomic E-state index is -0.782. The van der Waals surface area contributed by atoms with Crippen molar-refractivity contribution < 1.29 is 14.6 Å². The summed E-state index contributed by atoms with van der Waals surface area (Å²) in [6.07, 6.45) is 4.62. The number of aryl methyl sites for hydroxylation is 1. The van der Waals surface area contributed by atoms with Gasteiger partial charge in [0.05, 0.1) is 17.9 Å². The topological polar surface area (TPSA) is 54.8 Å². The monoisotopic (exact) mass is 504 g/mol. The number of ether oxygens (including phenoxy) is 2. The van der Waals surface area contributed by atoms with Gasteiger partial charge in [-0.2, -0.15) is 0 Å². The highest BCUT2D eigenvalue weighted by Gasteiger charge is 2.33. The van der Waals surface area contributed by atoms with Gasteiger partial charge in [-0.15, -0.1) is 0 Å². The summed E-state index contributed by atoms with van der Waals surface area (Å²) >= 11 is 6.03. The summed E-state index contributed by atoms with van der Waals surface area (Å²) in [6, 6.07) is 17.8. The quantitative estimate of drug-likeness (QED) is 0.437. The number of pyridine rings is 1. The van der Waals surface area contributed by atoms with Crippen LogP contribution in [-0.4, -0.2) is 41.2 Å². The third-order valence-corrected chi connectivity index (χ3v) is 7.43. The molecular formula is C30H33ClN2O3. The summed E-state index contributed by atoms with van der Waals surface area (Å²) in [4.78, 5) is 7.20. The Hall–Kier alpha value is -2.86. The third kappa shape index (κ3) is 5.29. The minimum absolute atomic E-state index is 0.449. The van der Waals surface area contributed by atoms with Crippen LogP contribution in [0.5, 0.6) is 11.5 Å². The maximum Gasteiger partial charge on any atom is 0.131 e. The van der Waals surface area contributed by atoms with Crippen LogP contribution in [0.4, 0.5) is 0 Å². The highest BCUT2D eigenvalue weighted by Crippen LogP contribution is 2.39. The first-order chi connectivity index (χ1) is 17.4. The van der Waals surface area contributed by atoms with E-state index in [0.717, 1.165) is 71.2 Å². The molecule has 0 aliphatic carbocycles. The Labute approximate surface area is 218 Å². The first-order valence-electron chi connectivity index (χ1n) is 12.7. The van der Waals surface area contributed by atoms with E-state index in [0.29, 0.717) is 31.1 Å². The van der Waals surface area contributed by atoms with Crippen LogP contribution in [0.1, 0.15) is 54.3 Å². The van der Waals surface area contributed by atoms with E-state index in [-0.39, 0.29) is 0 Å². The number of halogens is 1. The normalized spacial score (nSPS) is 18.2. The number of hydrogen-bond donors (Lipinski definition) is 1. The number of aliphatic hydroxyl groups is 1. The highest BCUT2D eigenvalue weighted by molar-refractivity contribution is 6.30. The van der Waals surface area contributed by atoms with Crippen molar-refractivity contribution in [3.63, 3.8) is 0 Å². The molecule has 3 heterocycles. The van der Waals surface area contributed by atoms with E-state index in [2.05, 4.69) is 29.2 Å². The van der Waals surface area contributed by atoms with Gasteiger partial charge in [-0.1, -0.05) is 35.9 Å². The van der Waals surface area contributed by atoms with Crippen LogP contribution in [0, 0.1) is 6.92 Å². The van der Waals surface area contributed by atoms with Crippen molar-refractivity contribution in [2.45, 2.75) is 45.3 Å². The summed E-state index contributed by atoms with van der Waals surface area (Å²) < 4.78 is 11.9. The molecule has 0 saturated carbocycles. The van der Waals surface area contributed by atoms with Crippen LogP contribution < -0.4 is 9.47 Å². The van der Waals surface area contributed by atoms with Gasteiger partial charge in [0.1, 0.15) is 18.1 Å². The molecule has 3 aromatic rings. The summed E-state index contributed by atoms with van der Waals surface area (Å²) in [5, 5.41) is 11.9. The predicted molar refractivity (Wildman–Crippen MR) is 144 cm³/mol. The van der Waals surface area contributed by atoms with Gasteiger partial charge in [0.2, 0.25) is 0 Å². The van der Waals surface area contributed by atoms with Gasteiger partial charge in [-0.25, -0.2) is 0 Å². The van der Waals surface area contributed by atoms with Gasteiger partial charge >= 0.3 is 0 Å². The lowest BCUT2D eigenvalue weighted by molar-refractivity contribution is -0.0254. The van der Waals surface area contributed by atoms with Crippen LogP contribution in [-0.2, 0) is 12.2 Å². The number of piperidine rings is 1. The molecule has 1 N–H and O–H groups in total. The van der Waals surface area contributed by atoms with E-state index in [9.17, 15) is 5.11 Å². The van der Waals surface area contributed by atoms with E-state index >= 15 is 0 Å². The molecule has 2 aliphatic rings. The van der Waals surface area contributed by atoms with E-state index in [1.165, 1.54) is 0 Å². The van der Waals surface area contributed by atoms with Gasteiger partial charge in [0, 0.05) is 41.5 Å². The van der Waals surface area contributed by atoms with Crippen molar-refractivity contribution in [3.8, 4) is 11.5 Å². The largest absolute Gasteiger partial charge is 0.494 e. The lowest BCUT2D eigenvalue weighted by Crippen LogP contribution is -2.42. The molecule has 0 unspecified atom stereocenters.